The monoisotopic (exact) mass is 315 g/mol. The Kier molecular flexibility index (Phi) is 5.51. The van der Waals surface area contributed by atoms with Crippen LogP contribution in [0.25, 0.3) is 0 Å². The summed E-state index contributed by atoms with van der Waals surface area (Å²) in [6.45, 7) is 5.49. The fourth-order valence-electron chi connectivity index (χ4n) is 3.20. The van der Waals surface area contributed by atoms with Crippen LogP contribution in [0.4, 0.5) is 0 Å². The molecular formula is C14H25N3O3S. The molecule has 2 fully saturated rings. The predicted molar refractivity (Wildman–Crippen MR) is 83.1 cm³/mol. The second-order valence-electron chi connectivity index (χ2n) is 6.27. The standard InChI is InChI=1S/C14H25N3O3S/c1-7(2)8-3-4-16-10-5-11(21-12(8)10)13(18)17-6-9(15)14(19)20/h7-12,16H,3-6,15H2,1-2H3,(H,17,18)(H,19,20)/t8?,9-,10?,11?,12?/m1/s1. The molecule has 2 saturated heterocycles. The Morgan fingerprint density at radius 2 is 2.19 bits per heavy atom. The number of rotatable bonds is 5. The normalized spacial score (nSPS) is 33.5. The molecule has 0 aromatic carbocycles. The van der Waals surface area contributed by atoms with E-state index in [4.69, 9.17) is 10.8 Å². The van der Waals surface area contributed by atoms with Gasteiger partial charge < -0.3 is 21.5 Å². The van der Waals surface area contributed by atoms with Crippen LogP contribution in [0.15, 0.2) is 0 Å². The van der Waals surface area contributed by atoms with E-state index in [9.17, 15) is 9.59 Å². The Morgan fingerprint density at radius 3 is 2.81 bits per heavy atom. The number of fused-ring (bicyclic) bond motifs is 1. The summed E-state index contributed by atoms with van der Waals surface area (Å²) in [4.78, 5) is 22.8. The zero-order valence-corrected chi connectivity index (χ0v) is 13.4. The van der Waals surface area contributed by atoms with Crippen LogP contribution in [-0.2, 0) is 9.59 Å². The zero-order valence-electron chi connectivity index (χ0n) is 12.5. The van der Waals surface area contributed by atoms with E-state index in [2.05, 4.69) is 24.5 Å². The second kappa shape index (κ2) is 6.98. The van der Waals surface area contributed by atoms with Gasteiger partial charge in [-0.05, 0) is 31.2 Å². The maximum atomic E-state index is 12.2. The van der Waals surface area contributed by atoms with E-state index in [1.165, 1.54) is 0 Å². The third-order valence-electron chi connectivity index (χ3n) is 4.45. The third-order valence-corrected chi connectivity index (χ3v) is 6.18. The fraction of sp³-hybridized carbons (Fsp3) is 0.857. The van der Waals surface area contributed by atoms with Gasteiger partial charge in [-0.3, -0.25) is 9.59 Å². The van der Waals surface area contributed by atoms with Crippen LogP contribution in [0.5, 0.6) is 0 Å². The van der Waals surface area contributed by atoms with Crippen molar-refractivity contribution in [3.8, 4) is 0 Å². The van der Waals surface area contributed by atoms with Gasteiger partial charge in [-0.1, -0.05) is 13.8 Å². The summed E-state index contributed by atoms with van der Waals surface area (Å²) in [6, 6.07) is -0.649. The van der Waals surface area contributed by atoms with E-state index in [1.54, 1.807) is 11.8 Å². The van der Waals surface area contributed by atoms with Gasteiger partial charge in [-0.2, -0.15) is 0 Å². The summed E-state index contributed by atoms with van der Waals surface area (Å²) in [5.74, 6) is 0.0784. The number of carboxylic acids is 1. The summed E-state index contributed by atoms with van der Waals surface area (Å²) in [5, 5.41) is 15.3. The van der Waals surface area contributed by atoms with Crippen LogP contribution in [0, 0.1) is 11.8 Å². The van der Waals surface area contributed by atoms with Crippen LogP contribution in [-0.4, -0.2) is 52.7 Å². The average Bonchev–Trinajstić information content (AvgIpc) is 2.87. The average molecular weight is 315 g/mol. The predicted octanol–water partition coefficient (Wildman–Crippen LogP) is 0.0227. The minimum atomic E-state index is -1.09. The Hall–Kier alpha value is -0.790. The molecule has 0 radical (unpaired) electrons. The van der Waals surface area contributed by atoms with Crippen LogP contribution in [0.3, 0.4) is 0 Å². The molecule has 7 heteroatoms. The van der Waals surface area contributed by atoms with Gasteiger partial charge in [-0.15, -0.1) is 11.8 Å². The van der Waals surface area contributed by atoms with Gasteiger partial charge >= 0.3 is 5.97 Å². The number of carbonyl (C=O) groups is 2. The Morgan fingerprint density at radius 1 is 1.48 bits per heavy atom. The molecule has 21 heavy (non-hydrogen) atoms. The van der Waals surface area contributed by atoms with E-state index in [0.29, 0.717) is 23.1 Å². The summed E-state index contributed by atoms with van der Waals surface area (Å²) < 4.78 is 0. The molecule has 0 aromatic rings. The second-order valence-corrected chi connectivity index (χ2v) is 7.66. The van der Waals surface area contributed by atoms with Crippen LogP contribution >= 0.6 is 11.8 Å². The molecule has 2 aliphatic heterocycles. The van der Waals surface area contributed by atoms with Gasteiger partial charge in [0.25, 0.3) is 0 Å². The Balaban J connectivity index is 1.88. The molecule has 6 nitrogen and oxygen atoms in total. The summed E-state index contributed by atoms with van der Waals surface area (Å²) in [5.41, 5.74) is 5.41. The third kappa shape index (κ3) is 3.90. The molecule has 2 heterocycles. The van der Waals surface area contributed by atoms with E-state index in [1.807, 2.05) is 0 Å². The molecule has 4 unspecified atom stereocenters. The number of thioether (sulfide) groups is 1. The van der Waals surface area contributed by atoms with Crippen molar-refractivity contribution in [2.75, 3.05) is 13.1 Å². The maximum Gasteiger partial charge on any atom is 0.322 e. The first-order valence-corrected chi connectivity index (χ1v) is 8.49. The van der Waals surface area contributed by atoms with Crippen molar-refractivity contribution in [3.63, 3.8) is 0 Å². The molecular weight excluding hydrogens is 290 g/mol. The molecule has 0 aliphatic carbocycles. The topological polar surface area (TPSA) is 104 Å². The highest BCUT2D eigenvalue weighted by Crippen LogP contribution is 2.43. The van der Waals surface area contributed by atoms with Crippen molar-refractivity contribution in [2.45, 2.75) is 49.3 Å². The largest absolute Gasteiger partial charge is 0.480 e. The van der Waals surface area contributed by atoms with E-state index >= 15 is 0 Å². The van der Waals surface area contributed by atoms with Gasteiger partial charge in [0.05, 0.1) is 5.25 Å². The minimum Gasteiger partial charge on any atom is -0.480 e. The van der Waals surface area contributed by atoms with E-state index in [0.717, 1.165) is 19.4 Å². The lowest BCUT2D eigenvalue weighted by molar-refractivity contribution is -0.138. The van der Waals surface area contributed by atoms with Crippen LogP contribution < -0.4 is 16.4 Å². The maximum absolute atomic E-state index is 12.2. The van der Waals surface area contributed by atoms with Crippen molar-refractivity contribution >= 4 is 23.6 Å². The molecule has 120 valence electrons. The summed E-state index contributed by atoms with van der Waals surface area (Å²) >= 11 is 1.74. The highest BCUT2D eigenvalue weighted by Gasteiger charge is 2.44. The molecule has 5 atom stereocenters. The van der Waals surface area contributed by atoms with Crippen LogP contribution in [0.2, 0.25) is 0 Å². The van der Waals surface area contributed by atoms with Gasteiger partial charge in [-0.25, -0.2) is 0 Å². The lowest BCUT2D eigenvalue weighted by Gasteiger charge is -2.36. The van der Waals surface area contributed by atoms with Gasteiger partial charge in [0.15, 0.2) is 0 Å². The van der Waals surface area contributed by atoms with Crippen LogP contribution in [0.1, 0.15) is 26.7 Å². The smallest absolute Gasteiger partial charge is 0.322 e. The zero-order chi connectivity index (χ0) is 15.6. The van der Waals surface area contributed by atoms with Gasteiger partial charge in [0, 0.05) is 17.8 Å². The highest BCUT2D eigenvalue weighted by atomic mass is 32.2. The number of carbonyl (C=O) groups excluding carboxylic acids is 1. The first kappa shape index (κ1) is 16.6. The molecule has 0 aromatic heterocycles. The Labute approximate surface area is 129 Å². The first-order valence-electron chi connectivity index (χ1n) is 7.55. The number of hydrogen-bond acceptors (Lipinski definition) is 5. The Bertz CT molecular complexity index is 405. The van der Waals surface area contributed by atoms with Crippen molar-refractivity contribution < 1.29 is 14.7 Å². The van der Waals surface area contributed by atoms with Crippen molar-refractivity contribution in [1.29, 1.82) is 0 Å². The molecule has 2 aliphatic rings. The molecule has 1 amide bonds. The highest BCUT2D eigenvalue weighted by molar-refractivity contribution is 8.01. The molecule has 5 N–H and O–H groups in total. The molecule has 2 rings (SSSR count). The quantitative estimate of drug-likeness (QED) is 0.570. The number of piperidine rings is 1. The summed E-state index contributed by atoms with van der Waals surface area (Å²) in [6.07, 6.45) is 1.97. The SMILES string of the molecule is CC(C)C1CCNC2CC(C(=O)NC[C@@H](N)C(=O)O)SC21. The molecule has 0 spiro atoms. The number of nitrogens with two attached hydrogens (primary N) is 1. The number of aliphatic carboxylic acids is 1. The number of carboxylic acid groups (broad SMARTS) is 1. The minimum absolute atomic E-state index is 0.0123. The fourth-order valence-corrected chi connectivity index (χ4v) is 5.15. The van der Waals surface area contributed by atoms with Crippen molar-refractivity contribution in [3.05, 3.63) is 0 Å². The molecule has 0 saturated carbocycles. The molecule has 0 bridgehead atoms. The number of nitrogens with one attached hydrogen (secondary N) is 2. The number of hydrogen-bond donors (Lipinski definition) is 4. The van der Waals surface area contributed by atoms with Gasteiger partial charge in [0.1, 0.15) is 6.04 Å². The van der Waals surface area contributed by atoms with E-state index < -0.39 is 12.0 Å². The number of amides is 1. The van der Waals surface area contributed by atoms with Crippen molar-refractivity contribution in [2.24, 2.45) is 17.6 Å². The summed E-state index contributed by atoms with van der Waals surface area (Å²) in [7, 11) is 0. The lowest BCUT2D eigenvalue weighted by atomic mass is 9.82. The van der Waals surface area contributed by atoms with Crippen molar-refractivity contribution in [1.82, 2.24) is 10.6 Å². The first-order chi connectivity index (χ1) is 9.90. The lowest BCUT2D eigenvalue weighted by Crippen LogP contribution is -2.47. The van der Waals surface area contributed by atoms with E-state index in [-0.39, 0.29) is 17.7 Å². The van der Waals surface area contributed by atoms with Gasteiger partial charge in [0.2, 0.25) is 5.91 Å².